The molecule has 4 nitrogen and oxygen atoms in total. The predicted octanol–water partition coefficient (Wildman–Crippen LogP) is 3.72. The number of halogens is 1. The van der Waals surface area contributed by atoms with Crippen molar-refractivity contribution in [2.75, 3.05) is 12.4 Å². The highest BCUT2D eigenvalue weighted by Crippen LogP contribution is 2.27. The van der Waals surface area contributed by atoms with Crippen molar-refractivity contribution in [1.29, 1.82) is 0 Å². The van der Waals surface area contributed by atoms with E-state index in [2.05, 4.69) is 36.4 Å². The summed E-state index contributed by atoms with van der Waals surface area (Å²) in [6.45, 7) is 10.5. The van der Waals surface area contributed by atoms with Gasteiger partial charge in [0, 0.05) is 18.8 Å². The van der Waals surface area contributed by atoms with Gasteiger partial charge in [0.05, 0.1) is 10.6 Å². The highest BCUT2D eigenvalue weighted by atomic mass is 35.5. The molecule has 0 aromatic carbocycles. The lowest BCUT2D eigenvalue weighted by Gasteiger charge is -2.33. The van der Waals surface area contributed by atoms with Crippen LogP contribution in [0, 0.1) is 5.41 Å². The summed E-state index contributed by atoms with van der Waals surface area (Å²) in [5.41, 5.74) is 0.268. The maximum Gasteiger partial charge on any atom is 0.253 e. The lowest BCUT2D eigenvalue weighted by Crippen LogP contribution is -2.45. The van der Waals surface area contributed by atoms with Gasteiger partial charge in [0.25, 0.3) is 5.91 Å². The standard InChI is InChI=1S/C15H24ClN3O/c1-14(2,3)9-15(4,5)19-13(20)10-7-12(17-6)18-8-11(10)16/h7-8H,9H2,1-6H3,(H,17,18)(H,19,20). The van der Waals surface area contributed by atoms with E-state index in [1.54, 1.807) is 13.1 Å². The van der Waals surface area contributed by atoms with Gasteiger partial charge in [-0.25, -0.2) is 4.98 Å². The molecule has 0 saturated heterocycles. The second-order valence-electron chi connectivity index (χ2n) is 6.87. The van der Waals surface area contributed by atoms with Crippen molar-refractivity contribution in [3.8, 4) is 0 Å². The van der Waals surface area contributed by atoms with Crippen LogP contribution in [0.3, 0.4) is 0 Å². The quantitative estimate of drug-likeness (QED) is 0.890. The van der Waals surface area contributed by atoms with E-state index in [1.165, 1.54) is 6.20 Å². The lowest BCUT2D eigenvalue weighted by molar-refractivity contribution is 0.0891. The molecule has 0 fully saturated rings. The van der Waals surface area contributed by atoms with E-state index in [4.69, 9.17) is 11.6 Å². The van der Waals surface area contributed by atoms with Crippen LogP contribution in [-0.4, -0.2) is 23.5 Å². The molecule has 0 aliphatic carbocycles. The molecule has 0 saturated carbocycles. The molecule has 0 atom stereocenters. The van der Waals surface area contributed by atoms with Gasteiger partial charge in [0.1, 0.15) is 5.82 Å². The van der Waals surface area contributed by atoms with Gasteiger partial charge in [-0.2, -0.15) is 0 Å². The third-order valence-corrected chi connectivity index (χ3v) is 3.08. The zero-order valence-corrected chi connectivity index (χ0v) is 13.9. The highest BCUT2D eigenvalue weighted by molar-refractivity contribution is 6.33. The first-order valence-electron chi connectivity index (χ1n) is 6.70. The molecule has 1 heterocycles. The smallest absolute Gasteiger partial charge is 0.253 e. The number of anilines is 1. The van der Waals surface area contributed by atoms with Gasteiger partial charge in [-0.3, -0.25) is 4.79 Å². The van der Waals surface area contributed by atoms with E-state index in [9.17, 15) is 4.79 Å². The van der Waals surface area contributed by atoms with Crippen LogP contribution in [0.15, 0.2) is 12.3 Å². The molecule has 1 aromatic rings. The molecule has 0 radical (unpaired) electrons. The average molecular weight is 298 g/mol. The fourth-order valence-corrected chi connectivity index (χ4v) is 2.68. The monoisotopic (exact) mass is 297 g/mol. The van der Waals surface area contributed by atoms with Crippen molar-refractivity contribution < 1.29 is 4.79 Å². The Labute approximate surface area is 126 Å². The Kier molecular flexibility index (Phi) is 5.03. The Morgan fingerprint density at radius 2 is 1.90 bits per heavy atom. The molecule has 1 amide bonds. The zero-order valence-electron chi connectivity index (χ0n) is 13.1. The van der Waals surface area contributed by atoms with Gasteiger partial charge in [-0.05, 0) is 31.7 Å². The number of hydrogen-bond acceptors (Lipinski definition) is 3. The third-order valence-electron chi connectivity index (χ3n) is 2.78. The maximum absolute atomic E-state index is 12.4. The first-order valence-corrected chi connectivity index (χ1v) is 7.08. The molecule has 0 aliphatic rings. The van der Waals surface area contributed by atoms with Crippen molar-refractivity contribution in [3.05, 3.63) is 22.8 Å². The number of carbonyl (C=O) groups excluding carboxylic acids is 1. The van der Waals surface area contributed by atoms with E-state index < -0.39 is 0 Å². The summed E-state index contributed by atoms with van der Waals surface area (Å²) in [5.74, 6) is 0.441. The van der Waals surface area contributed by atoms with E-state index in [1.807, 2.05) is 13.8 Å². The molecule has 0 spiro atoms. The number of nitrogens with one attached hydrogen (secondary N) is 2. The van der Waals surface area contributed by atoms with Gasteiger partial charge >= 0.3 is 0 Å². The molecule has 1 rings (SSSR count). The predicted molar refractivity (Wildman–Crippen MR) is 84.4 cm³/mol. The average Bonchev–Trinajstić information content (AvgIpc) is 2.25. The first-order chi connectivity index (χ1) is 9.04. The summed E-state index contributed by atoms with van der Waals surface area (Å²) in [4.78, 5) is 16.5. The number of carbonyl (C=O) groups is 1. The number of nitrogens with zero attached hydrogens (tertiary/aromatic N) is 1. The summed E-state index contributed by atoms with van der Waals surface area (Å²) in [6, 6.07) is 1.66. The topological polar surface area (TPSA) is 54.0 Å². The minimum atomic E-state index is -0.304. The van der Waals surface area contributed by atoms with E-state index in [-0.39, 0.29) is 16.9 Å². The molecule has 5 heteroatoms. The van der Waals surface area contributed by atoms with Crippen LogP contribution in [0.25, 0.3) is 0 Å². The lowest BCUT2D eigenvalue weighted by atomic mass is 9.81. The summed E-state index contributed by atoms with van der Waals surface area (Å²) in [5, 5.41) is 6.30. The Morgan fingerprint density at radius 1 is 1.30 bits per heavy atom. The summed E-state index contributed by atoms with van der Waals surface area (Å²) < 4.78 is 0. The van der Waals surface area contributed by atoms with Crippen molar-refractivity contribution in [2.45, 2.75) is 46.6 Å². The molecule has 2 N–H and O–H groups in total. The van der Waals surface area contributed by atoms with Crippen molar-refractivity contribution >= 4 is 23.3 Å². The Balaban J connectivity index is 2.91. The largest absolute Gasteiger partial charge is 0.373 e. The number of aromatic nitrogens is 1. The Morgan fingerprint density at radius 3 is 2.40 bits per heavy atom. The Hall–Kier alpha value is -1.29. The third kappa shape index (κ3) is 5.00. The number of hydrogen-bond donors (Lipinski definition) is 2. The fourth-order valence-electron chi connectivity index (χ4n) is 2.49. The number of pyridine rings is 1. The molecular weight excluding hydrogens is 274 g/mol. The Bertz CT molecular complexity index is 492. The van der Waals surface area contributed by atoms with Crippen molar-refractivity contribution in [1.82, 2.24) is 10.3 Å². The molecular formula is C15H24ClN3O. The van der Waals surface area contributed by atoms with Gasteiger partial charge < -0.3 is 10.6 Å². The SMILES string of the molecule is CNc1cc(C(=O)NC(C)(C)CC(C)(C)C)c(Cl)cn1. The van der Waals surface area contributed by atoms with Crippen LogP contribution < -0.4 is 10.6 Å². The van der Waals surface area contributed by atoms with E-state index >= 15 is 0 Å². The number of amides is 1. The van der Waals surface area contributed by atoms with Crippen molar-refractivity contribution in [3.63, 3.8) is 0 Å². The minimum Gasteiger partial charge on any atom is -0.373 e. The molecule has 20 heavy (non-hydrogen) atoms. The van der Waals surface area contributed by atoms with Crippen LogP contribution in [0.2, 0.25) is 5.02 Å². The molecule has 1 aromatic heterocycles. The minimum absolute atomic E-state index is 0.134. The summed E-state index contributed by atoms with van der Waals surface area (Å²) in [7, 11) is 1.75. The van der Waals surface area contributed by atoms with E-state index in [0.29, 0.717) is 16.4 Å². The number of rotatable bonds is 4. The summed E-state index contributed by atoms with van der Waals surface area (Å²) >= 11 is 6.06. The van der Waals surface area contributed by atoms with Crippen LogP contribution >= 0.6 is 11.6 Å². The molecule has 0 unspecified atom stereocenters. The maximum atomic E-state index is 12.4. The van der Waals surface area contributed by atoms with Crippen LogP contribution in [-0.2, 0) is 0 Å². The molecule has 112 valence electrons. The molecule has 0 bridgehead atoms. The summed E-state index contributed by atoms with van der Waals surface area (Å²) in [6.07, 6.45) is 2.35. The van der Waals surface area contributed by atoms with Gasteiger partial charge in [-0.15, -0.1) is 0 Å². The van der Waals surface area contributed by atoms with Gasteiger partial charge in [0.2, 0.25) is 0 Å². The first kappa shape index (κ1) is 16.8. The van der Waals surface area contributed by atoms with Gasteiger partial charge in [-0.1, -0.05) is 32.4 Å². The van der Waals surface area contributed by atoms with Gasteiger partial charge in [0.15, 0.2) is 0 Å². The molecule has 0 aliphatic heterocycles. The second kappa shape index (κ2) is 6.00. The highest BCUT2D eigenvalue weighted by Gasteiger charge is 2.28. The van der Waals surface area contributed by atoms with Crippen molar-refractivity contribution in [2.24, 2.45) is 5.41 Å². The normalized spacial score (nSPS) is 12.2. The van der Waals surface area contributed by atoms with Crippen LogP contribution in [0.1, 0.15) is 51.4 Å². The zero-order chi connectivity index (χ0) is 15.6. The second-order valence-corrected chi connectivity index (χ2v) is 7.28. The van der Waals surface area contributed by atoms with Crippen LogP contribution in [0.5, 0.6) is 0 Å². The van der Waals surface area contributed by atoms with E-state index in [0.717, 1.165) is 6.42 Å². The van der Waals surface area contributed by atoms with Crippen LogP contribution in [0.4, 0.5) is 5.82 Å². The fraction of sp³-hybridized carbons (Fsp3) is 0.600.